The Kier molecular flexibility index (Phi) is 4.24. The Morgan fingerprint density at radius 2 is 1.85 bits per heavy atom. The van der Waals surface area contributed by atoms with Crippen LogP contribution in [0.3, 0.4) is 0 Å². The van der Waals surface area contributed by atoms with Crippen molar-refractivity contribution in [3.05, 3.63) is 29.5 Å². The largest absolute Gasteiger partial charge is 0.494 e. The molecule has 1 aromatic carbocycles. The highest BCUT2D eigenvalue weighted by molar-refractivity contribution is 6.14. The molecule has 6 nitrogen and oxygen atoms in total. The molecule has 2 rings (SSSR count). The summed E-state index contributed by atoms with van der Waals surface area (Å²) in [5, 5.41) is 4.58. The minimum atomic E-state index is -0.523. The minimum Gasteiger partial charge on any atom is -0.494 e. The summed E-state index contributed by atoms with van der Waals surface area (Å²) in [5.74, 6) is 0.837. The van der Waals surface area contributed by atoms with Crippen LogP contribution in [0.5, 0.6) is 11.5 Å². The second kappa shape index (κ2) is 6.10. The SMILES string of the molecule is CCOc1ccc(/C=C2\NC(=O)NC2=O)c(OCC)c1. The number of rotatable bonds is 5. The van der Waals surface area contributed by atoms with Gasteiger partial charge in [-0.3, -0.25) is 10.1 Å². The summed E-state index contributed by atoms with van der Waals surface area (Å²) in [6, 6.07) is 4.80. The number of imide groups is 1. The van der Waals surface area contributed by atoms with Gasteiger partial charge in [0.2, 0.25) is 0 Å². The summed E-state index contributed by atoms with van der Waals surface area (Å²) in [6.07, 6.45) is 1.57. The Morgan fingerprint density at radius 3 is 2.45 bits per heavy atom. The molecule has 0 atom stereocenters. The monoisotopic (exact) mass is 276 g/mol. The third-order valence-electron chi connectivity index (χ3n) is 2.62. The zero-order chi connectivity index (χ0) is 14.5. The highest BCUT2D eigenvalue weighted by Crippen LogP contribution is 2.27. The number of nitrogens with one attached hydrogen (secondary N) is 2. The van der Waals surface area contributed by atoms with E-state index < -0.39 is 11.9 Å². The summed E-state index contributed by atoms with van der Waals surface area (Å²) in [6.45, 7) is 4.82. The molecule has 0 saturated carbocycles. The van der Waals surface area contributed by atoms with Crippen molar-refractivity contribution in [1.82, 2.24) is 10.6 Å². The molecule has 2 N–H and O–H groups in total. The van der Waals surface area contributed by atoms with Crippen molar-refractivity contribution in [3.63, 3.8) is 0 Å². The molecule has 0 bridgehead atoms. The third kappa shape index (κ3) is 3.09. The van der Waals surface area contributed by atoms with Crippen LogP contribution >= 0.6 is 0 Å². The maximum absolute atomic E-state index is 11.5. The lowest BCUT2D eigenvalue weighted by molar-refractivity contribution is -0.115. The molecule has 1 saturated heterocycles. The molecule has 0 radical (unpaired) electrons. The van der Waals surface area contributed by atoms with Crippen molar-refractivity contribution in [2.24, 2.45) is 0 Å². The highest BCUT2D eigenvalue weighted by Gasteiger charge is 2.23. The molecule has 1 aromatic rings. The Morgan fingerprint density at radius 1 is 1.10 bits per heavy atom. The van der Waals surface area contributed by atoms with Crippen molar-refractivity contribution in [1.29, 1.82) is 0 Å². The van der Waals surface area contributed by atoms with E-state index in [1.54, 1.807) is 24.3 Å². The molecule has 0 unspecified atom stereocenters. The smallest absolute Gasteiger partial charge is 0.326 e. The predicted octanol–water partition coefficient (Wildman–Crippen LogP) is 1.66. The van der Waals surface area contributed by atoms with E-state index in [1.807, 2.05) is 13.8 Å². The van der Waals surface area contributed by atoms with Gasteiger partial charge in [0.25, 0.3) is 5.91 Å². The van der Waals surface area contributed by atoms with Crippen LogP contribution in [-0.4, -0.2) is 25.2 Å². The number of amides is 3. The summed E-state index contributed by atoms with van der Waals surface area (Å²) < 4.78 is 10.9. The van der Waals surface area contributed by atoms with Crippen LogP contribution in [0.2, 0.25) is 0 Å². The van der Waals surface area contributed by atoms with Gasteiger partial charge in [-0.1, -0.05) is 0 Å². The van der Waals surface area contributed by atoms with Crippen LogP contribution in [0.1, 0.15) is 19.4 Å². The van der Waals surface area contributed by atoms with Crippen LogP contribution in [0, 0.1) is 0 Å². The van der Waals surface area contributed by atoms with Gasteiger partial charge in [-0.05, 0) is 32.1 Å². The number of hydrogen-bond donors (Lipinski definition) is 2. The average molecular weight is 276 g/mol. The highest BCUT2D eigenvalue weighted by atomic mass is 16.5. The number of benzene rings is 1. The van der Waals surface area contributed by atoms with Crippen LogP contribution in [0.4, 0.5) is 4.79 Å². The topological polar surface area (TPSA) is 76.7 Å². The summed E-state index contributed by atoms with van der Waals surface area (Å²) >= 11 is 0. The fourth-order valence-electron chi connectivity index (χ4n) is 1.81. The first-order valence-electron chi connectivity index (χ1n) is 6.37. The number of hydrogen-bond acceptors (Lipinski definition) is 4. The zero-order valence-corrected chi connectivity index (χ0v) is 11.4. The first-order chi connectivity index (χ1) is 9.63. The Labute approximate surface area is 116 Å². The first kappa shape index (κ1) is 13.9. The number of carbonyl (C=O) groups is 2. The van der Waals surface area contributed by atoms with Crippen molar-refractivity contribution in [2.75, 3.05) is 13.2 Å². The molecule has 1 aliphatic rings. The first-order valence-corrected chi connectivity index (χ1v) is 6.37. The van der Waals surface area contributed by atoms with Gasteiger partial charge in [-0.2, -0.15) is 0 Å². The van der Waals surface area contributed by atoms with Crippen LogP contribution in [0.15, 0.2) is 23.9 Å². The summed E-state index contributed by atoms with van der Waals surface area (Å²) in [5.41, 5.74) is 0.891. The van der Waals surface area contributed by atoms with Crippen molar-refractivity contribution in [2.45, 2.75) is 13.8 Å². The van der Waals surface area contributed by atoms with Gasteiger partial charge in [-0.25, -0.2) is 4.79 Å². The minimum absolute atomic E-state index is 0.195. The lowest BCUT2D eigenvalue weighted by atomic mass is 10.1. The number of ether oxygens (including phenoxy) is 2. The number of urea groups is 1. The van der Waals surface area contributed by atoms with Crippen molar-refractivity contribution in [3.8, 4) is 11.5 Å². The predicted molar refractivity (Wildman–Crippen MR) is 73.4 cm³/mol. The third-order valence-corrected chi connectivity index (χ3v) is 2.62. The molecule has 6 heteroatoms. The van der Waals surface area contributed by atoms with Crippen molar-refractivity contribution >= 4 is 18.0 Å². The van der Waals surface area contributed by atoms with Gasteiger partial charge in [-0.15, -0.1) is 0 Å². The Hall–Kier alpha value is -2.50. The van der Waals surface area contributed by atoms with E-state index in [-0.39, 0.29) is 5.70 Å². The van der Waals surface area contributed by atoms with E-state index in [2.05, 4.69) is 10.6 Å². The van der Waals surface area contributed by atoms with Gasteiger partial charge >= 0.3 is 6.03 Å². The van der Waals surface area contributed by atoms with Gasteiger partial charge in [0, 0.05) is 11.6 Å². The average Bonchev–Trinajstić information content (AvgIpc) is 2.71. The quantitative estimate of drug-likeness (QED) is 0.633. The fraction of sp³-hybridized carbons (Fsp3) is 0.286. The molecular formula is C14H16N2O4. The second-order valence-electron chi connectivity index (χ2n) is 4.03. The van der Waals surface area contributed by atoms with E-state index in [9.17, 15) is 9.59 Å². The van der Waals surface area contributed by atoms with E-state index in [1.165, 1.54) is 0 Å². The molecule has 106 valence electrons. The van der Waals surface area contributed by atoms with Crippen LogP contribution in [0.25, 0.3) is 6.08 Å². The second-order valence-corrected chi connectivity index (χ2v) is 4.03. The summed E-state index contributed by atoms with van der Waals surface area (Å²) in [7, 11) is 0. The molecule has 1 heterocycles. The molecule has 3 amide bonds. The van der Waals surface area contributed by atoms with Crippen molar-refractivity contribution < 1.29 is 19.1 Å². The zero-order valence-electron chi connectivity index (χ0n) is 11.4. The van der Waals surface area contributed by atoms with E-state index >= 15 is 0 Å². The van der Waals surface area contributed by atoms with Crippen LogP contribution < -0.4 is 20.1 Å². The normalized spacial score (nSPS) is 16.0. The maximum atomic E-state index is 11.5. The molecule has 0 aliphatic carbocycles. The molecular weight excluding hydrogens is 260 g/mol. The molecule has 0 spiro atoms. The summed E-state index contributed by atoms with van der Waals surface area (Å²) in [4.78, 5) is 22.6. The van der Waals surface area contributed by atoms with Gasteiger partial charge in [0.1, 0.15) is 17.2 Å². The molecule has 1 fully saturated rings. The lowest BCUT2D eigenvalue weighted by Gasteiger charge is -2.10. The molecule has 0 aromatic heterocycles. The Bertz CT molecular complexity index is 566. The Balaban J connectivity index is 2.33. The standard InChI is InChI=1S/C14H16N2O4/c1-3-19-10-6-5-9(12(8-10)20-4-2)7-11-13(17)16-14(18)15-11/h5-8H,3-4H2,1-2H3,(H2,15,16,17,18)/b11-7-. The van der Waals surface area contributed by atoms with E-state index in [4.69, 9.17) is 9.47 Å². The fourth-order valence-corrected chi connectivity index (χ4v) is 1.81. The molecule has 1 aliphatic heterocycles. The lowest BCUT2D eigenvalue weighted by Crippen LogP contribution is -2.22. The van der Waals surface area contributed by atoms with E-state index in [0.717, 1.165) is 0 Å². The van der Waals surface area contributed by atoms with Gasteiger partial charge in [0.15, 0.2) is 0 Å². The van der Waals surface area contributed by atoms with Crippen LogP contribution in [-0.2, 0) is 4.79 Å². The van der Waals surface area contributed by atoms with Gasteiger partial charge < -0.3 is 14.8 Å². The molecule has 20 heavy (non-hydrogen) atoms. The van der Waals surface area contributed by atoms with E-state index in [0.29, 0.717) is 30.3 Å². The maximum Gasteiger partial charge on any atom is 0.326 e. The number of carbonyl (C=O) groups excluding carboxylic acids is 2. The van der Waals surface area contributed by atoms with Gasteiger partial charge in [0.05, 0.1) is 13.2 Å².